The van der Waals surface area contributed by atoms with Gasteiger partial charge in [0.15, 0.2) is 0 Å². The van der Waals surface area contributed by atoms with Crippen LogP contribution in [0, 0.1) is 11.6 Å². The van der Waals surface area contributed by atoms with E-state index in [9.17, 15) is 8.78 Å². The molecule has 5 rings (SSSR count). The molecule has 5 nitrogen and oxygen atoms in total. The molecular weight excluding hydrogens is 420 g/mol. The molecule has 7 heteroatoms. The highest BCUT2D eigenvalue weighted by molar-refractivity contribution is 6.11. The van der Waals surface area contributed by atoms with Gasteiger partial charge < -0.3 is 4.57 Å². The molecule has 0 aliphatic carbocycles. The monoisotopic (exact) mass is 440 g/mol. The van der Waals surface area contributed by atoms with Crippen LogP contribution in [0.3, 0.4) is 0 Å². The Morgan fingerprint density at radius 1 is 0.758 bits per heavy atom. The lowest BCUT2D eigenvalue weighted by atomic mass is 9.97. The van der Waals surface area contributed by atoms with E-state index < -0.39 is 0 Å². The van der Waals surface area contributed by atoms with Crippen molar-refractivity contribution < 1.29 is 14.2 Å². The van der Waals surface area contributed by atoms with Gasteiger partial charge in [-0.15, -0.1) is 0 Å². The lowest BCUT2D eigenvalue weighted by molar-refractivity contribution is -0.114. The molecule has 0 saturated heterocycles. The Morgan fingerprint density at radius 3 is 1.94 bits per heavy atom. The van der Waals surface area contributed by atoms with Gasteiger partial charge in [0, 0.05) is 21.5 Å². The molecule has 4 aromatic carbocycles. The molecule has 4 N–H and O–H groups in total. The van der Waals surface area contributed by atoms with Gasteiger partial charge in [0.1, 0.15) is 11.6 Å². The third-order valence-electron chi connectivity index (χ3n) is 5.80. The van der Waals surface area contributed by atoms with Gasteiger partial charge in [-0.25, -0.2) is 8.78 Å². The van der Waals surface area contributed by atoms with Crippen molar-refractivity contribution in [1.82, 2.24) is 4.57 Å². The highest BCUT2D eigenvalue weighted by atomic mass is 19.1. The normalized spacial score (nSPS) is 11.7. The number of hydrogen-bond acceptors (Lipinski definition) is 1. The van der Waals surface area contributed by atoms with Gasteiger partial charge in [-0.05, 0) is 59.7 Å². The van der Waals surface area contributed by atoms with Gasteiger partial charge in [0.25, 0.3) is 0 Å². The Hall–Kier alpha value is -4.39. The maximum absolute atomic E-state index is 13.7. The van der Waals surface area contributed by atoms with Crippen LogP contribution in [-0.4, -0.2) is 10.4 Å². The summed E-state index contributed by atoms with van der Waals surface area (Å²) in [5.74, 6) is 4.74. The fraction of sp³-hybridized carbons (Fsp3) is 0.0385. The molecule has 0 atom stereocenters. The maximum atomic E-state index is 13.7. The van der Waals surface area contributed by atoms with Crippen molar-refractivity contribution in [3.8, 4) is 0 Å². The van der Waals surface area contributed by atoms with Crippen molar-refractivity contribution in [3.05, 3.63) is 119 Å². The average molecular weight is 440 g/mol. The molecule has 162 valence electrons. The fourth-order valence-corrected chi connectivity index (χ4v) is 4.34. The highest BCUT2D eigenvalue weighted by Crippen LogP contribution is 2.38. The van der Waals surface area contributed by atoms with Gasteiger partial charge in [0.05, 0.1) is 22.2 Å². The largest absolute Gasteiger partial charge is 0.350 e. The Morgan fingerprint density at radius 2 is 1.33 bits per heavy atom. The van der Waals surface area contributed by atoms with E-state index in [1.807, 2.05) is 42.5 Å². The number of nitrogens with zero attached hydrogens (tertiary/aromatic N) is 3. The lowest BCUT2D eigenvalue weighted by Crippen LogP contribution is -2.38. The Kier molecular flexibility index (Phi) is 5.14. The molecule has 5 aromatic rings. The zero-order chi connectivity index (χ0) is 22.9. The van der Waals surface area contributed by atoms with Crippen LogP contribution in [-0.2, 0) is 0 Å². The molecule has 0 spiro atoms. The number of amidine groups is 1. The standard InChI is InChI=1S/C26H19F2N5/c27-19-10-5-16(6-11-19)25(17-7-12-20(28)13-8-17)33-23-4-2-1-3-21(23)22-15-18(9-14-24(22)33)26(29)31-32-30/h1-15,25H,(H3,29,30,31)/p+1. The third kappa shape index (κ3) is 3.63. The van der Waals surface area contributed by atoms with Gasteiger partial charge in [-0.1, -0.05) is 42.5 Å². The zero-order valence-corrected chi connectivity index (χ0v) is 17.5. The maximum Gasteiger partial charge on any atom is 0.350 e. The minimum Gasteiger partial charge on any atom is -0.329 e. The molecule has 0 unspecified atom stereocenters. The van der Waals surface area contributed by atoms with Crippen molar-refractivity contribution in [2.75, 3.05) is 0 Å². The van der Waals surface area contributed by atoms with E-state index in [-0.39, 0.29) is 23.5 Å². The molecule has 1 heterocycles. The Bertz CT molecular complexity index is 1460. The summed E-state index contributed by atoms with van der Waals surface area (Å²) in [6.45, 7) is 0. The summed E-state index contributed by atoms with van der Waals surface area (Å²) in [6, 6.07) is 26.2. The number of aromatic nitrogens is 1. The van der Waals surface area contributed by atoms with Gasteiger partial charge in [0.2, 0.25) is 0 Å². The summed E-state index contributed by atoms with van der Waals surface area (Å²) >= 11 is 0. The molecule has 0 bridgehead atoms. The number of nitrogens with two attached hydrogens (primary N) is 2. The quantitative estimate of drug-likeness (QED) is 0.139. The molecule has 33 heavy (non-hydrogen) atoms. The van der Waals surface area contributed by atoms with E-state index in [4.69, 9.17) is 11.3 Å². The van der Waals surface area contributed by atoms with Crippen LogP contribution in [0.1, 0.15) is 22.7 Å². The first kappa shape index (κ1) is 20.5. The molecule has 0 saturated carbocycles. The number of hydrogen-bond donors (Lipinski definition) is 2. The molecule has 0 fully saturated rings. The minimum absolute atomic E-state index is 0.213. The number of halogens is 2. The number of para-hydroxylation sites is 1. The van der Waals surface area contributed by atoms with Crippen LogP contribution in [0.4, 0.5) is 8.78 Å². The van der Waals surface area contributed by atoms with Crippen molar-refractivity contribution >= 4 is 27.6 Å². The van der Waals surface area contributed by atoms with Crippen molar-refractivity contribution in [2.24, 2.45) is 16.2 Å². The van der Waals surface area contributed by atoms with E-state index in [2.05, 4.69) is 14.9 Å². The van der Waals surface area contributed by atoms with Gasteiger partial charge in [-0.3, -0.25) is 11.3 Å². The Labute approximate surface area is 188 Å². The van der Waals surface area contributed by atoms with Crippen molar-refractivity contribution in [2.45, 2.75) is 6.04 Å². The molecule has 0 radical (unpaired) electrons. The smallest absolute Gasteiger partial charge is 0.329 e. The third-order valence-corrected chi connectivity index (χ3v) is 5.80. The van der Waals surface area contributed by atoms with Crippen LogP contribution >= 0.6 is 0 Å². The fourth-order valence-electron chi connectivity index (χ4n) is 4.34. The minimum atomic E-state index is -0.316. The SMILES string of the molecule is NN=NC(=[NH2+])c1ccc2c(c1)c1ccccc1n2C(c1ccc(F)cc1)c1ccc(F)cc1. The predicted molar refractivity (Wildman–Crippen MR) is 125 cm³/mol. The van der Waals surface area contributed by atoms with E-state index in [0.29, 0.717) is 5.56 Å². The summed E-state index contributed by atoms with van der Waals surface area (Å²) in [5.41, 5.74) is 4.36. The van der Waals surface area contributed by atoms with Crippen molar-refractivity contribution in [3.63, 3.8) is 0 Å². The summed E-state index contributed by atoms with van der Waals surface area (Å²) in [5, 5.41) is 15.0. The number of fused-ring (bicyclic) bond motifs is 3. The van der Waals surface area contributed by atoms with Crippen LogP contribution in [0.15, 0.2) is 101 Å². The van der Waals surface area contributed by atoms with E-state index >= 15 is 0 Å². The number of rotatable bonds is 4. The summed E-state index contributed by atoms with van der Waals surface area (Å²) in [4.78, 5) is 0. The second kappa shape index (κ2) is 8.27. The van der Waals surface area contributed by atoms with Crippen molar-refractivity contribution in [1.29, 1.82) is 0 Å². The lowest BCUT2D eigenvalue weighted by Gasteiger charge is -2.23. The molecule has 0 amide bonds. The van der Waals surface area contributed by atoms with Crippen LogP contribution in [0.5, 0.6) is 0 Å². The summed E-state index contributed by atoms with van der Waals surface area (Å²) in [7, 11) is 0. The Balaban J connectivity index is 1.83. The van der Waals surface area contributed by atoms with E-state index in [1.165, 1.54) is 24.3 Å². The molecule has 1 aromatic heterocycles. The average Bonchev–Trinajstić information content (AvgIpc) is 3.15. The summed E-state index contributed by atoms with van der Waals surface area (Å²) < 4.78 is 29.7. The van der Waals surface area contributed by atoms with E-state index in [0.717, 1.165) is 32.9 Å². The molecule has 0 aliphatic heterocycles. The first-order chi connectivity index (χ1) is 16.1. The second-order valence-electron chi connectivity index (χ2n) is 7.73. The van der Waals surface area contributed by atoms with Gasteiger partial charge in [-0.2, -0.15) is 0 Å². The summed E-state index contributed by atoms with van der Waals surface area (Å²) in [6.07, 6.45) is 0. The first-order valence-electron chi connectivity index (χ1n) is 10.3. The zero-order valence-electron chi connectivity index (χ0n) is 17.5. The van der Waals surface area contributed by atoms with Crippen LogP contribution in [0.25, 0.3) is 21.8 Å². The molecular formula is C26H20F2N5+. The van der Waals surface area contributed by atoms with Gasteiger partial charge >= 0.3 is 5.84 Å². The van der Waals surface area contributed by atoms with Crippen LogP contribution < -0.4 is 11.3 Å². The second-order valence-corrected chi connectivity index (χ2v) is 7.73. The highest BCUT2D eigenvalue weighted by Gasteiger charge is 2.23. The predicted octanol–water partition coefficient (Wildman–Crippen LogP) is 4.54. The topological polar surface area (TPSA) is 81.3 Å². The van der Waals surface area contributed by atoms with Crippen LogP contribution in [0.2, 0.25) is 0 Å². The number of benzene rings is 4. The van der Waals surface area contributed by atoms with E-state index in [1.54, 1.807) is 24.3 Å². The first-order valence-corrected chi connectivity index (χ1v) is 10.3. The molecule has 0 aliphatic rings.